The van der Waals surface area contributed by atoms with E-state index >= 15 is 0 Å². The first-order valence-corrected chi connectivity index (χ1v) is 7.14. The molecule has 1 aromatic carbocycles. The number of aliphatic hydroxyl groups excluding tert-OH is 1. The lowest BCUT2D eigenvalue weighted by Gasteiger charge is -2.47. The number of hydrogen-bond acceptors (Lipinski definition) is 4. The summed E-state index contributed by atoms with van der Waals surface area (Å²) in [5.74, 6) is 0. The lowest BCUT2D eigenvalue weighted by atomic mass is 9.75. The maximum Gasteiger partial charge on any atom is 0.0991 e. The quantitative estimate of drug-likeness (QED) is 0.827. The fourth-order valence-electron chi connectivity index (χ4n) is 2.71. The van der Waals surface area contributed by atoms with Gasteiger partial charge in [-0.25, -0.2) is 0 Å². The summed E-state index contributed by atoms with van der Waals surface area (Å²) >= 11 is 0. The minimum Gasteiger partial charge on any atom is -0.387 e. The second-order valence-corrected chi connectivity index (χ2v) is 5.85. The van der Waals surface area contributed by atoms with Crippen molar-refractivity contribution in [3.05, 3.63) is 35.4 Å². The third kappa shape index (κ3) is 3.18. The Hall–Kier alpha value is -1.41. The van der Waals surface area contributed by atoms with Crippen LogP contribution in [0.25, 0.3) is 0 Å². The summed E-state index contributed by atoms with van der Waals surface area (Å²) in [4.78, 5) is 2.29. The van der Waals surface area contributed by atoms with Gasteiger partial charge in [-0.05, 0) is 51.1 Å². The van der Waals surface area contributed by atoms with E-state index in [-0.39, 0.29) is 5.54 Å². The van der Waals surface area contributed by atoms with Crippen molar-refractivity contribution in [3.8, 4) is 6.07 Å². The molecular weight excluding hydrogens is 250 g/mol. The SMILES string of the molecule is CN(C)C1(CNCC(O)c2ccc(C#N)cc2)CCC1. The number of nitriles is 1. The van der Waals surface area contributed by atoms with Crippen LogP contribution in [0.2, 0.25) is 0 Å². The molecule has 0 heterocycles. The first-order valence-electron chi connectivity index (χ1n) is 7.14. The Morgan fingerprint density at radius 3 is 2.45 bits per heavy atom. The van der Waals surface area contributed by atoms with E-state index in [1.807, 2.05) is 12.1 Å². The van der Waals surface area contributed by atoms with Gasteiger partial charge in [-0.15, -0.1) is 0 Å². The van der Waals surface area contributed by atoms with Crippen LogP contribution in [0.15, 0.2) is 24.3 Å². The van der Waals surface area contributed by atoms with Crippen LogP contribution in [0.1, 0.15) is 36.5 Å². The highest BCUT2D eigenvalue weighted by Gasteiger charge is 2.38. The molecule has 0 bridgehead atoms. The van der Waals surface area contributed by atoms with Gasteiger partial charge in [0.2, 0.25) is 0 Å². The zero-order valence-electron chi connectivity index (χ0n) is 12.3. The highest BCUT2D eigenvalue weighted by molar-refractivity contribution is 5.32. The molecule has 0 radical (unpaired) electrons. The zero-order chi connectivity index (χ0) is 14.6. The normalized spacial score (nSPS) is 18.4. The number of rotatable bonds is 6. The number of nitrogens with one attached hydrogen (secondary N) is 1. The minimum atomic E-state index is -0.526. The Labute approximate surface area is 121 Å². The minimum absolute atomic E-state index is 0.268. The van der Waals surface area contributed by atoms with Crippen molar-refractivity contribution >= 4 is 0 Å². The average molecular weight is 273 g/mol. The molecule has 1 unspecified atom stereocenters. The largest absolute Gasteiger partial charge is 0.387 e. The maximum absolute atomic E-state index is 10.2. The molecule has 4 heteroatoms. The average Bonchev–Trinajstić information content (AvgIpc) is 2.41. The molecule has 1 atom stereocenters. The van der Waals surface area contributed by atoms with Gasteiger partial charge in [0.05, 0.1) is 17.7 Å². The molecule has 2 N–H and O–H groups in total. The Bertz CT molecular complexity index is 471. The Balaban J connectivity index is 1.83. The summed E-state index contributed by atoms with van der Waals surface area (Å²) in [5, 5.41) is 22.3. The summed E-state index contributed by atoms with van der Waals surface area (Å²) in [6.45, 7) is 1.45. The number of likely N-dealkylation sites (N-methyl/N-ethyl adjacent to an activating group) is 1. The van der Waals surface area contributed by atoms with Crippen LogP contribution in [0.4, 0.5) is 0 Å². The summed E-state index contributed by atoms with van der Waals surface area (Å²) < 4.78 is 0. The van der Waals surface area contributed by atoms with E-state index in [2.05, 4.69) is 30.4 Å². The monoisotopic (exact) mass is 273 g/mol. The van der Waals surface area contributed by atoms with E-state index < -0.39 is 6.10 Å². The van der Waals surface area contributed by atoms with Crippen molar-refractivity contribution in [2.45, 2.75) is 30.9 Å². The van der Waals surface area contributed by atoms with Gasteiger partial charge >= 0.3 is 0 Å². The van der Waals surface area contributed by atoms with Crippen molar-refractivity contribution in [1.29, 1.82) is 5.26 Å². The number of benzene rings is 1. The number of nitrogens with zero attached hydrogens (tertiary/aromatic N) is 2. The second-order valence-electron chi connectivity index (χ2n) is 5.85. The first-order chi connectivity index (χ1) is 9.57. The molecule has 1 aliphatic carbocycles. The highest BCUT2D eigenvalue weighted by atomic mass is 16.3. The lowest BCUT2D eigenvalue weighted by Crippen LogP contribution is -2.56. The zero-order valence-corrected chi connectivity index (χ0v) is 12.3. The van der Waals surface area contributed by atoms with Gasteiger partial charge < -0.3 is 15.3 Å². The molecule has 0 aromatic heterocycles. The molecule has 1 aliphatic rings. The van der Waals surface area contributed by atoms with Gasteiger partial charge in [0, 0.05) is 18.6 Å². The standard InChI is InChI=1S/C16H23N3O/c1-19(2)16(8-3-9-16)12-18-11-15(20)14-6-4-13(10-17)5-7-14/h4-7,15,18,20H,3,8-9,11-12H2,1-2H3. The molecule has 0 spiro atoms. The molecule has 20 heavy (non-hydrogen) atoms. The van der Waals surface area contributed by atoms with Crippen molar-refractivity contribution in [1.82, 2.24) is 10.2 Å². The molecule has 108 valence electrons. The van der Waals surface area contributed by atoms with Gasteiger partial charge in [-0.1, -0.05) is 12.1 Å². The predicted octanol–water partition coefficient (Wildman–Crippen LogP) is 1.67. The molecule has 2 rings (SSSR count). The third-order valence-corrected chi connectivity index (χ3v) is 4.45. The molecule has 1 fully saturated rings. The maximum atomic E-state index is 10.2. The van der Waals surface area contributed by atoms with E-state index in [1.54, 1.807) is 12.1 Å². The van der Waals surface area contributed by atoms with Crippen LogP contribution >= 0.6 is 0 Å². The topological polar surface area (TPSA) is 59.3 Å². The van der Waals surface area contributed by atoms with Crippen molar-refractivity contribution in [2.75, 3.05) is 27.2 Å². The number of hydrogen-bond donors (Lipinski definition) is 2. The van der Waals surface area contributed by atoms with Crippen molar-refractivity contribution in [2.24, 2.45) is 0 Å². The Morgan fingerprint density at radius 1 is 1.35 bits per heavy atom. The van der Waals surface area contributed by atoms with Gasteiger partial charge in [0.15, 0.2) is 0 Å². The van der Waals surface area contributed by atoms with E-state index in [9.17, 15) is 5.11 Å². The molecule has 0 aliphatic heterocycles. The van der Waals surface area contributed by atoms with E-state index in [4.69, 9.17) is 5.26 Å². The van der Waals surface area contributed by atoms with Gasteiger partial charge in [-0.3, -0.25) is 0 Å². The fraction of sp³-hybridized carbons (Fsp3) is 0.562. The summed E-state index contributed by atoms with van der Waals surface area (Å²) in [6, 6.07) is 9.20. The van der Waals surface area contributed by atoms with Gasteiger partial charge in [-0.2, -0.15) is 5.26 Å². The summed E-state index contributed by atoms with van der Waals surface area (Å²) in [7, 11) is 4.25. The molecule has 1 aromatic rings. The third-order valence-electron chi connectivity index (χ3n) is 4.45. The van der Waals surface area contributed by atoms with Gasteiger partial charge in [0.1, 0.15) is 0 Å². The smallest absolute Gasteiger partial charge is 0.0991 e. The molecule has 0 saturated heterocycles. The lowest BCUT2D eigenvalue weighted by molar-refractivity contribution is 0.0555. The van der Waals surface area contributed by atoms with Crippen LogP contribution in [0, 0.1) is 11.3 Å². The Kier molecular flexibility index (Phi) is 4.77. The molecule has 4 nitrogen and oxygen atoms in total. The van der Waals surface area contributed by atoms with Crippen LogP contribution < -0.4 is 5.32 Å². The Morgan fingerprint density at radius 2 is 2.00 bits per heavy atom. The van der Waals surface area contributed by atoms with Crippen LogP contribution in [-0.4, -0.2) is 42.7 Å². The number of aliphatic hydroxyl groups is 1. The summed E-state index contributed by atoms with van der Waals surface area (Å²) in [5.41, 5.74) is 1.74. The second kappa shape index (κ2) is 6.36. The fourth-order valence-corrected chi connectivity index (χ4v) is 2.71. The van der Waals surface area contributed by atoms with E-state index in [1.165, 1.54) is 19.3 Å². The van der Waals surface area contributed by atoms with E-state index in [0.29, 0.717) is 12.1 Å². The van der Waals surface area contributed by atoms with Crippen molar-refractivity contribution in [3.63, 3.8) is 0 Å². The van der Waals surface area contributed by atoms with Crippen molar-refractivity contribution < 1.29 is 5.11 Å². The first kappa shape index (κ1) is 15.0. The van der Waals surface area contributed by atoms with Gasteiger partial charge in [0.25, 0.3) is 0 Å². The van der Waals surface area contributed by atoms with E-state index in [0.717, 1.165) is 12.1 Å². The molecule has 0 amide bonds. The van der Waals surface area contributed by atoms with Crippen LogP contribution in [-0.2, 0) is 0 Å². The summed E-state index contributed by atoms with van der Waals surface area (Å²) in [6.07, 6.45) is 3.21. The van der Waals surface area contributed by atoms with Crippen LogP contribution in [0.5, 0.6) is 0 Å². The predicted molar refractivity (Wildman–Crippen MR) is 79.3 cm³/mol. The van der Waals surface area contributed by atoms with Crippen LogP contribution in [0.3, 0.4) is 0 Å². The molecular formula is C16H23N3O. The molecule has 1 saturated carbocycles. The highest BCUT2D eigenvalue weighted by Crippen LogP contribution is 2.35.